The highest BCUT2D eigenvalue weighted by atomic mass is 35.5. The topological polar surface area (TPSA) is 54.4 Å². The van der Waals surface area contributed by atoms with E-state index in [0.717, 1.165) is 5.56 Å². The third-order valence-electron chi connectivity index (χ3n) is 2.73. The summed E-state index contributed by atoms with van der Waals surface area (Å²) >= 11 is 5.79. The first-order valence-electron chi connectivity index (χ1n) is 5.82. The zero-order chi connectivity index (χ0) is 13.8. The molecule has 0 saturated heterocycles. The molecule has 0 aliphatic rings. The van der Waals surface area contributed by atoms with E-state index in [1.165, 1.54) is 6.26 Å². The molecule has 1 unspecified atom stereocenters. The molecule has 0 spiro atoms. The molecule has 1 aromatic rings. The summed E-state index contributed by atoms with van der Waals surface area (Å²) in [6, 6.07) is 7.30. The van der Waals surface area contributed by atoms with Crippen LogP contribution in [0, 0.1) is 0 Å². The molecule has 0 aliphatic carbocycles. The first-order valence-corrected chi connectivity index (χ1v) is 8.26. The van der Waals surface area contributed by atoms with Gasteiger partial charge in [-0.15, -0.1) is 0 Å². The Morgan fingerprint density at radius 3 is 2.33 bits per heavy atom. The van der Waals surface area contributed by atoms with E-state index in [1.807, 2.05) is 12.1 Å². The standard InChI is InChI=1S/C13H19ClO3S/c1-13(15,8-3-9-18(2,16)17)10-11-4-6-12(14)7-5-11/h4-7,15H,3,8-10H2,1-2H3. The minimum atomic E-state index is -2.95. The Hall–Kier alpha value is -0.580. The number of halogens is 1. The fourth-order valence-electron chi connectivity index (χ4n) is 1.85. The van der Waals surface area contributed by atoms with E-state index in [0.29, 0.717) is 24.3 Å². The predicted octanol–water partition coefficient (Wildman–Crippen LogP) is 2.46. The quantitative estimate of drug-likeness (QED) is 0.875. The number of sulfone groups is 1. The largest absolute Gasteiger partial charge is 0.390 e. The molecule has 0 aromatic heterocycles. The van der Waals surface area contributed by atoms with Gasteiger partial charge in [-0.1, -0.05) is 23.7 Å². The second-order valence-electron chi connectivity index (χ2n) is 5.03. The highest BCUT2D eigenvalue weighted by molar-refractivity contribution is 7.90. The third kappa shape index (κ3) is 6.38. The molecule has 1 rings (SSSR count). The summed E-state index contributed by atoms with van der Waals surface area (Å²) in [5.41, 5.74) is 0.0992. The molecule has 5 heteroatoms. The van der Waals surface area contributed by atoms with Crippen molar-refractivity contribution in [2.75, 3.05) is 12.0 Å². The lowest BCUT2D eigenvalue weighted by atomic mass is 9.92. The molecule has 0 amide bonds. The number of rotatable bonds is 6. The molecule has 1 aromatic carbocycles. The molecular formula is C13H19ClO3S. The van der Waals surface area contributed by atoms with Gasteiger partial charge >= 0.3 is 0 Å². The molecule has 1 atom stereocenters. The molecule has 0 fully saturated rings. The van der Waals surface area contributed by atoms with Crippen LogP contribution in [0.2, 0.25) is 5.02 Å². The van der Waals surface area contributed by atoms with Crippen LogP contribution in [0.1, 0.15) is 25.3 Å². The van der Waals surface area contributed by atoms with E-state index in [4.69, 9.17) is 11.6 Å². The molecule has 0 heterocycles. The van der Waals surface area contributed by atoms with Gasteiger partial charge in [-0.05, 0) is 37.5 Å². The van der Waals surface area contributed by atoms with Crippen molar-refractivity contribution >= 4 is 21.4 Å². The summed E-state index contributed by atoms with van der Waals surface area (Å²) in [5, 5.41) is 10.9. The molecule has 0 bridgehead atoms. The van der Waals surface area contributed by atoms with Crippen molar-refractivity contribution in [3.8, 4) is 0 Å². The highest BCUT2D eigenvalue weighted by Gasteiger charge is 2.21. The monoisotopic (exact) mass is 290 g/mol. The fraction of sp³-hybridized carbons (Fsp3) is 0.538. The van der Waals surface area contributed by atoms with E-state index in [2.05, 4.69) is 0 Å². The summed E-state index contributed by atoms with van der Waals surface area (Å²) < 4.78 is 22.0. The molecule has 1 N–H and O–H groups in total. The smallest absolute Gasteiger partial charge is 0.147 e. The molecule has 18 heavy (non-hydrogen) atoms. The first kappa shape index (κ1) is 15.5. The van der Waals surface area contributed by atoms with Crippen molar-refractivity contribution in [1.82, 2.24) is 0 Å². The van der Waals surface area contributed by atoms with E-state index < -0.39 is 15.4 Å². The lowest BCUT2D eigenvalue weighted by Crippen LogP contribution is -2.27. The number of hydrogen-bond acceptors (Lipinski definition) is 3. The van der Waals surface area contributed by atoms with Gasteiger partial charge in [0.05, 0.1) is 5.60 Å². The summed E-state index contributed by atoms with van der Waals surface area (Å²) in [5.74, 6) is 0.115. The van der Waals surface area contributed by atoms with Crippen LogP contribution in [0.5, 0.6) is 0 Å². The van der Waals surface area contributed by atoms with Crippen LogP contribution >= 0.6 is 11.6 Å². The maximum absolute atomic E-state index is 11.0. The van der Waals surface area contributed by atoms with Gasteiger partial charge in [0.25, 0.3) is 0 Å². The van der Waals surface area contributed by atoms with Crippen LogP contribution in [0.3, 0.4) is 0 Å². The fourth-order valence-corrected chi connectivity index (χ4v) is 2.64. The van der Waals surface area contributed by atoms with Crippen LogP contribution in [-0.2, 0) is 16.3 Å². The highest BCUT2D eigenvalue weighted by Crippen LogP contribution is 2.20. The first-order chi connectivity index (χ1) is 8.18. The minimum Gasteiger partial charge on any atom is -0.390 e. The lowest BCUT2D eigenvalue weighted by Gasteiger charge is -2.23. The van der Waals surface area contributed by atoms with Crippen LogP contribution in [-0.4, -0.2) is 31.1 Å². The number of aliphatic hydroxyl groups is 1. The zero-order valence-corrected chi connectivity index (χ0v) is 12.3. The molecule has 0 radical (unpaired) electrons. The maximum atomic E-state index is 11.0. The van der Waals surface area contributed by atoms with Crippen LogP contribution in [0.4, 0.5) is 0 Å². The average Bonchev–Trinajstić information content (AvgIpc) is 2.18. The summed E-state index contributed by atoms with van der Waals surface area (Å²) in [4.78, 5) is 0. The van der Waals surface area contributed by atoms with Crippen molar-refractivity contribution in [3.05, 3.63) is 34.9 Å². The second kappa shape index (κ2) is 6.04. The Morgan fingerprint density at radius 2 is 1.83 bits per heavy atom. The van der Waals surface area contributed by atoms with E-state index in [1.54, 1.807) is 19.1 Å². The summed E-state index contributed by atoms with van der Waals surface area (Å²) in [6.45, 7) is 1.73. The van der Waals surface area contributed by atoms with E-state index in [-0.39, 0.29) is 5.75 Å². The lowest BCUT2D eigenvalue weighted by molar-refractivity contribution is 0.0508. The van der Waals surface area contributed by atoms with Crippen molar-refractivity contribution < 1.29 is 13.5 Å². The van der Waals surface area contributed by atoms with Gasteiger partial charge in [-0.25, -0.2) is 8.42 Å². The average molecular weight is 291 g/mol. The Kier molecular flexibility index (Phi) is 5.20. The predicted molar refractivity (Wildman–Crippen MR) is 74.7 cm³/mol. The van der Waals surface area contributed by atoms with Crippen LogP contribution in [0.25, 0.3) is 0 Å². The van der Waals surface area contributed by atoms with E-state index >= 15 is 0 Å². The summed E-state index contributed by atoms with van der Waals surface area (Å²) in [6.07, 6.45) is 2.64. The zero-order valence-electron chi connectivity index (χ0n) is 10.7. The van der Waals surface area contributed by atoms with Crippen molar-refractivity contribution in [3.63, 3.8) is 0 Å². The maximum Gasteiger partial charge on any atom is 0.147 e. The number of hydrogen-bond donors (Lipinski definition) is 1. The Morgan fingerprint density at radius 1 is 1.28 bits per heavy atom. The third-order valence-corrected chi connectivity index (χ3v) is 4.01. The van der Waals surface area contributed by atoms with Crippen molar-refractivity contribution in [2.24, 2.45) is 0 Å². The van der Waals surface area contributed by atoms with Crippen LogP contribution < -0.4 is 0 Å². The number of benzene rings is 1. The Balaban J connectivity index is 2.51. The Labute approximate surface area is 114 Å². The van der Waals surface area contributed by atoms with Gasteiger partial charge in [0.15, 0.2) is 0 Å². The SMILES string of the molecule is CC(O)(CCCS(C)(=O)=O)Cc1ccc(Cl)cc1. The van der Waals surface area contributed by atoms with Crippen LogP contribution in [0.15, 0.2) is 24.3 Å². The van der Waals surface area contributed by atoms with Crippen molar-refractivity contribution in [2.45, 2.75) is 31.8 Å². The molecule has 3 nitrogen and oxygen atoms in total. The minimum absolute atomic E-state index is 0.115. The molecular weight excluding hydrogens is 272 g/mol. The van der Waals surface area contributed by atoms with Gasteiger partial charge in [0.2, 0.25) is 0 Å². The Bertz CT molecular complexity index is 477. The molecule has 102 valence electrons. The van der Waals surface area contributed by atoms with Crippen molar-refractivity contribution in [1.29, 1.82) is 0 Å². The van der Waals surface area contributed by atoms with Gasteiger partial charge in [0, 0.05) is 23.5 Å². The van der Waals surface area contributed by atoms with Gasteiger partial charge in [-0.2, -0.15) is 0 Å². The molecule has 0 saturated carbocycles. The van der Waals surface area contributed by atoms with E-state index in [9.17, 15) is 13.5 Å². The molecule has 0 aliphatic heterocycles. The van der Waals surface area contributed by atoms with Gasteiger partial charge < -0.3 is 5.11 Å². The summed E-state index contributed by atoms with van der Waals surface area (Å²) in [7, 11) is -2.95. The second-order valence-corrected chi connectivity index (χ2v) is 7.73. The normalized spacial score (nSPS) is 15.3. The van der Waals surface area contributed by atoms with Gasteiger partial charge in [-0.3, -0.25) is 0 Å². The van der Waals surface area contributed by atoms with Gasteiger partial charge in [0.1, 0.15) is 9.84 Å².